The van der Waals surface area contributed by atoms with Crippen molar-refractivity contribution in [3.63, 3.8) is 0 Å². The molecular formula is C5H5NO. The van der Waals surface area contributed by atoms with Crippen molar-refractivity contribution < 1.29 is 0 Å². The molecule has 0 amide bonds. The third-order valence-electron chi connectivity index (χ3n) is 2.89. The highest BCUT2D eigenvalue weighted by Gasteiger charge is 3.08. The fourth-order valence-corrected chi connectivity index (χ4v) is 1.95. The molecule has 0 unspecified atom stereocenters. The minimum Gasteiger partial charge on any atom is -0.151 e. The monoisotopic (exact) mass is 95.0 g/mol. The van der Waals surface area contributed by atoms with Crippen molar-refractivity contribution in [2.24, 2.45) is 28.3 Å². The Morgan fingerprint density at radius 3 is 2.14 bits per heavy atom. The van der Waals surface area contributed by atoms with Gasteiger partial charge in [0.2, 0.25) is 0 Å². The van der Waals surface area contributed by atoms with E-state index in [1.54, 1.807) is 0 Å². The first-order chi connectivity index (χ1) is 3.43. The Bertz CT molecular complexity index is 138. The van der Waals surface area contributed by atoms with Crippen LogP contribution in [-0.2, 0) is 0 Å². The second-order valence-electron chi connectivity index (χ2n) is 2.98. The second-order valence-corrected chi connectivity index (χ2v) is 2.98. The van der Waals surface area contributed by atoms with Crippen molar-refractivity contribution in [2.75, 3.05) is 6.54 Å². The van der Waals surface area contributed by atoms with Gasteiger partial charge in [0.25, 0.3) is 0 Å². The van der Waals surface area contributed by atoms with Gasteiger partial charge in [0, 0.05) is 5.41 Å². The lowest BCUT2D eigenvalue weighted by molar-refractivity contribution is 0.806. The summed E-state index contributed by atoms with van der Waals surface area (Å²) < 4.78 is 0. The molecule has 0 saturated heterocycles. The predicted octanol–water partition coefficient (Wildman–Crippen LogP) is 0.629. The van der Waals surface area contributed by atoms with Gasteiger partial charge in [0.05, 0.1) is 6.54 Å². The average molecular weight is 95.1 g/mol. The zero-order valence-corrected chi connectivity index (χ0v) is 3.79. The second kappa shape index (κ2) is 0.430. The fourth-order valence-electron chi connectivity index (χ4n) is 1.95. The maximum absolute atomic E-state index is 9.65. The Kier molecular flexibility index (Phi) is 0.172. The first-order valence-electron chi connectivity index (χ1n) is 2.72. The summed E-state index contributed by atoms with van der Waals surface area (Å²) in [5.41, 5.74) is 0.571. The van der Waals surface area contributed by atoms with E-state index in [1.165, 1.54) is 0 Å². The van der Waals surface area contributed by atoms with Crippen LogP contribution in [0, 0.1) is 28.1 Å². The molecule has 7 heavy (non-hydrogen) atoms. The van der Waals surface area contributed by atoms with Crippen molar-refractivity contribution in [3.05, 3.63) is 4.91 Å². The Labute approximate surface area is 40.9 Å². The van der Waals surface area contributed by atoms with Gasteiger partial charge in [-0.1, -0.05) is 5.18 Å². The summed E-state index contributed by atoms with van der Waals surface area (Å²) >= 11 is 0. The molecule has 0 aromatic heterocycles. The van der Waals surface area contributed by atoms with Crippen molar-refractivity contribution >= 4 is 0 Å². The fraction of sp³-hybridized carbons (Fsp3) is 1.00. The van der Waals surface area contributed by atoms with E-state index >= 15 is 0 Å². The Morgan fingerprint density at radius 2 is 2.00 bits per heavy atom. The van der Waals surface area contributed by atoms with Crippen LogP contribution in [0.1, 0.15) is 0 Å². The molecule has 0 bridgehead atoms. The van der Waals surface area contributed by atoms with Gasteiger partial charge >= 0.3 is 0 Å². The van der Waals surface area contributed by atoms with Gasteiger partial charge < -0.3 is 0 Å². The van der Waals surface area contributed by atoms with Crippen LogP contribution < -0.4 is 0 Å². The zero-order valence-electron chi connectivity index (χ0n) is 3.79. The molecule has 36 valence electrons. The molecule has 4 aliphatic rings. The maximum atomic E-state index is 9.65. The molecule has 4 fully saturated rings. The molecule has 0 N–H and O–H groups in total. The number of nitroso groups, excluding NO2 is 1. The van der Waals surface area contributed by atoms with Gasteiger partial charge in [0.1, 0.15) is 0 Å². The molecule has 0 heterocycles. The largest absolute Gasteiger partial charge is 0.151 e. The van der Waals surface area contributed by atoms with Gasteiger partial charge in [-0.2, -0.15) is 4.91 Å². The summed E-state index contributed by atoms with van der Waals surface area (Å²) in [5.74, 6) is 3.01. The number of rotatable bonds is 2. The molecule has 2 heteroatoms. The van der Waals surface area contributed by atoms with Crippen molar-refractivity contribution in [1.29, 1.82) is 0 Å². The van der Waals surface area contributed by atoms with Gasteiger partial charge in [-0.15, -0.1) is 0 Å². The van der Waals surface area contributed by atoms with Crippen LogP contribution in [0.3, 0.4) is 0 Å². The highest BCUT2D eigenvalue weighted by Crippen LogP contribution is 3.09. The van der Waals surface area contributed by atoms with Gasteiger partial charge in [-0.3, -0.25) is 0 Å². The van der Waals surface area contributed by atoms with Crippen molar-refractivity contribution in [3.8, 4) is 0 Å². The van der Waals surface area contributed by atoms with Crippen LogP contribution in [-0.4, -0.2) is 6.54 Å². The minimum absolute atomic E-state index is 0.571. The Hall–Kier alpha value is -0.400. The Balaban J connectivity index is 1.89. The number of hydrogen-bond donors (Lipinski definition) is 0. The van der Waals surface area contributed by atoms with Crippen LogP contribution in [0.2, 0.25) is 0 Å². The van der Waals surface area contributed by atoms with Gasteiger partial charge in [-0.05, 0) is 17.8 Å². The van der Waals surface area contributed by atoms with E-state index in [1.807, 2.05) is 0 Å². The molecular weight excluding hydrogens is 90.1 g/mol. The van der Waals surface area contributed by atoms with E-state index in [-0.39, 0.29) is 0 Å². The molecule has 0 aromatic rings. The first-order valence-corrected chi connectivity index (χ1v) is 2.72. The van der Waals surface area contributed by atoms with Gasteiger partial charge in [-0.25, -0.2) is 0 Å². The summed E-state index contributed by atoms with van der Waals surface area (Å²) in [6.45, 7) is 0.632. The first kappa shape index (κ1) is 2.80. The van der Waals surface area contributed by atoms with Crippen LogP contribution in [0.4, 0.5) is 0 Å². The smallest absolute Gasteiger partial charge is 0.0875 e. The summed E-state index contributed by atoms with van der Waals surface area (Å²) in [7, 11) is 0. The number of nitrogens with zero attached hydrogens (tertiary/aromatic N) is 1. The van der Waals surface area contributed by atoms with E-state index in [0.29, 0.717) is 12.0 Å². The highest BCUT2D eigenvalue weighted by atomic mass is 16.3. The third kappa shape index (κ3) is 0.111. The number of hydrogen-bond acceptors (Lipinski definition) is 2. The minimum atomic E-state index is 0.571. The van der Waals surface area contributed by atoms with E-state index in [4.69, 9.17) is 0 Å². The SMILES string of the molecule is O=NCC12C3C1C32. The summed E-state index contributed by atoms with van der Waals surface area (Å²) in [5, 5.41) is 2.88. The normalized spacial score (nSPS) is 76.9. The van der Waals surface area contributed by atoms with Crippen LogP contribution in [0.5, 0.6) is 0 Å². The molecule has 0 atom stereocenters. The lowest BCUT2D eigenvalue weighted by Crippen LogP contribution is -1.79. The summed E-state index contributed by atoms with van der Waals surface area (Å²) in [6, 6.07) is 0. The molecule has 4 saturated carbocycles. The topological polar surface area (TPSA) is 29.4 Å². The molecule has 0 aliphatic heterocycles. The van der Waals surface area contributed by atoms with E-state index < -0.39 is 0 Å². The quantitative estimate of drug-likeness (QED) is 0.462. The summed E-state index contributed by atoms with van der Waals surface area (Å²) in [6.07, 6.45) is 0. The highest BCUT2D eigenvalue weighted by molar-refractivity contribution is 5.54. The van der Waals surface area contributed by atoms with Crippen LogP contribution in [0.15, 0.2) is 5.18 Å². The van der Waals surface area contributed by atoms with Crippen molar-refractivity contribution in [2.45, 2.75) is 0 Å². The lowest BCUT2D eigenvalue weighted by Gasteiger charge is -1.73. The van der Waals surface area contributed by atoms with Crippen molar-refractivity contribution in [1.82, 2.24) is 0 Å². The van der Waals surface area contributed by atoms with E-state index in [9.17, 15) is 4.91 Å². The molecule has 4 aliphatic carbocycles. The summed E-state index contributed by atoms with van der Waals surface area (Å²) in [4.78, 5) is 9.65. The van der Waals surface area contributed by atoms with Gasteiger partial charge in [0.15, 0.2) is 0 Å². The standard InChI is InChI=1S/C5H5NO/c7-6-1-5-2-3(5)4(2)5/h2-4H,1H2. The molecule has 0 radical (unpaired) electrons. The molecule has 0 spiro atoms. The van der Waals surface area contributed by atoms with E-state index in [2.05, 4.69) is 5.18 Å². The lowest BCUT2D eigenvalue weighted by atomic mass is 10.4. The van der Waals surface area contributed by atoms with Crippen LogP contribution >= 0.6 is 0 Å². The predicted molar refractivity (Wildman–Crippen MR) is 23.6 cm³/mol. The maximum Gasteiger partial charge on any atom is 0.0875 e. The van der Waals surface area contributed by atoms with Crippen LogP contribution in [0.25, 0.3) is 0 Å². The van der Waals surface area contributed by atoms with E-state index in [0.717, 1.165) is 17.8 Å². The molecule has 4 rings (SSSR count). The Morgan fingerprint density at radius 1 is 1.43 bits per heavy atom. The molecule has 0 aromatic carbocycles. The zero-order chi connectivity index (χ0) is 4.65. The molecule has 2 nitrogen and oxygen atoms in total. The average Bonchev–Trinajstić information content (AvgIpc) is 2.38. The third-order valence-corrected chi connectivity index (χ3v) is 2.89.